The van der Waals surface area contributed by atoms with Crippen molar-refractivity contribution >= 4 is 23.4 Å². The lowest BCUT2D eigenvalue weighted by atomic mass is 9.99. The fourth-order valence-corrected chi connectivity index (χ4v) is 5.37. The molecule has 0 spiro atoms. The van der Waals surface area contributed by atoms with E-state index in [2.05, 4.69) is 10.3 Å². The van der Waals surface area contributed by atoms with Gasteiger partial charge in [0.1, 0.15) is 28.7 Å². The molecule has 5 rings (SSSR count). The number of halogens is 2. The van der Waals surface area contributed by atoms with Crippen molar-refractivity contribution in [3.63, 3.8) is 0 Å². The van der Waals surface area contributed by atoms with Gasteiger partial charge >= 0.3 is 5.97 Å². The van der Waals surface area contributed by atoms with Gasteiger partial charge < -0.3 is 29.8 Å². The Morgan fingerprint density at radius 1 is 0.898 bits per heavy atom. The molecule has 0 fully saturated rings. The Bertz CT molecular complexity index is 2110. The van der Waals surface area contributed by atoms with Crippen LogP contribution >= 0.6 is 0 Å². The highest BCUT2D eigenvalue weighted by Crippen LogP contribution is 2.36. The van der Waals surface area contributed by atoms with Crippen LogP contribution in [0.25, 0.3) is 33.4 Å². The monoisotopic (exact) mass is 668 g/mol. The maximum Gasteiger partial charge on any atom is 0.355 e. The molecule has 0 aliphatic carbocycles. The molecule has 12 heteroatoms. The molecule has 0 aliphatic heterocycles. The number of ether oxygens (including phenoxy) is 3. The molecule has 0 aliphatic rings. The zero-order valence-electron chi connectivity index (χ0n) is 27.5. The molecule has 10 nitrogen and oxygen atoms in total. The van der Waals surface area contributed by atoms with Crippen LogP contribution in [-0.2, 0) is 4.74 Å². The van der Waals surface area contributed by atoms with E-state index in [1.165, 1.54) is 49.2 Å². The van der Waals surface area contributed by atoms with Crippen molar-refractivity contribution in [1.82, 2.24) is 9.55 Å². The van der Waals surface area contributed by atoms with Crippen molar-refractivity contribution < 1.29 is 32.6 Å². The van der Waals surface area contributed by atoms with Gasteiger partial charge in [0.2, 0.25) is 5.43 Å². The first kappa shape index (κ1) is 34.3. The van der Waals surface area contributed by atoms with E-state index in [-0.39, 0.29) is 46.1 Å². The van der Waals surface area contributed by atoms with Crippen LogP contribution in [0.15, 0.2) is 83.9 Å². The quantitative estimate of drug-likeness (QED) is 0.150. The van der Waals surface area contributed by atoms with Gasteiger partial charge in [-0.25, -0.2) is 18.6 Å². The second-order valence-corrected chi connectivity index (χ2v) is 11.2. The van der Waals surface area contributed by atoms with Crippen LogP contribution in [-0.4, -0.2) is 42.3 Å². The third kappa shape index (κ3) is 6.98. The summed E-state index contributed by atoms with van der Waals surface area (Å²) in [5, 5.41) is 2.58. The molecule has 49 heavy (non-hydrogen) atoms. The van der Waals surface area contributed by atoms with Crippen molar-refractivity contribution in [2.75, 3.05) is 31.9 Å². The first-order valence-corrected chi connectivity index (χ1v) is 15.3. The SMILES string of the molecule is CCOC(=O)c1c(-c2ccc(F)cc2)c(=O)c(C(=O)Nc2ccc(-c3cc(-c4ccc(OC)c(OC)c4)cnc3N)c(F)c2)cn1C(C)C. The van der Waals surface area contributed by atoms with Crippen molar-refractivity contribution in [3.05, 3.63) is 112 Å². The lowest BCUT2D eigenvalue weighted by Gasteiger charge is -2.21. The minimum atomic E-state index is -0.845. The van der Waals surface area contributed by atoms with Crippen molar-refractivity contribution in [2.45, 2.75) is 26.8 Å². The number of nitrogens with two attached hydrogens (primary N) is 1. The molecular formula is C37H34F2N4O6. The fraction of sp³-hybridized carbons (Fsp3) is 0.189. The largest absolute Gasteiger partial charge is 0.493 e. The molecule has 0 saturated heterocycles. The second kappa shape index (κ2) is 14.4. The number of hydrogen-bond acceptors (Lipinski definition) is 8. The highest BCUT2D eigenvalue weighted by molar-refractivity contribution is 6.06. The summed E-state index contributed by atoms with van der Waals surface area (Å²) in [6.45, 7) is 5.19. The zero-order valence-corrected chi connectivity index (χ0v) is 27.5. The van der Waals surface area contributed by atoms with E-state index in [9.17, 15) is 18.8 Å². The zero-order chi connectivity index (χ0) is 35.4. The van der Waals surface area contributed by atoms with Gasteiger partial charge in [-0.2, -0.15) is 0 Å². The number of carbonyl (C=O) groups excluding carboxylic acids is 2. The summed E-state index contributed by atoms with van der Waals surface area (Å²) in [4.78, 5) is 44.8. The van der Waals surface area contributed by atoms with Gasteiger partial charge in [0, 0.05) is 40.8 Å². The molecule has 0 saturated carbocycles. The van der Waals surface area contributed by atoms with E-state index in [4.69, 9.17) is 19.9 Å². The van der Waals surface area contributed by atoms with E-state index < -0.39 is 35.0 Å². The lowest BCUT2D eigenvalue weighted by Crippen LogP contribution is -2.30. The lowest BCUT2D eigenvalue weighted by molar-refractivity contribution is 0.0511. The van der Waals surface area contributed by atoms with E-state index in [1.807, 2.05) is 0 Å². The van der Waals surface area contributed by atoms with E-state index in [0.29, 0.717) is 22.6 Å². The molecule has 2 heterocycles. The number of amides is 1. The standard InChI is InChI=1S/C37H34F2N4O6/c1-6-49-37(46)33-32(21-7-10-24(38)11-8-21)34(44)28(19-43(33)20(2)3)36(45)42-25-12-13-26(29(39)17-25)27-15-23(18-41-35(27)40)22-9-14-30(47-4)31(16-22)48-5/h7-20H,6H2,1-5H3,(H2,40,41)(H,42,45). The summed E-state index contributed by atoms with van der Waals surface area (Å²) >= 11 is 0. The van der Waals surface area contributed by atoms with Crippen LogP contribution in [0.1, 0.15) is 47.7 Å². The molecular weight excluding hydrogens is 634 g/mol. The second-order valence-electron chi connectivity index (χ2n) is 11.2. The normalized spacial score (nSPS) is 10.9. The first-order valence-electron chi connectivity index (χ1n) is 15.3. The van der Waals surface area contributed by atoms with Crippen LogP contribution < -0.4 is 26.0 Å². The number of carbonyl (C=O) groups is 2. The Balaban J connectivity index is 1.52. The molecule has 1 amide bonds. The van der Waals surface area contributed by atoms with Crippen LogP contribution in [0.5, 0.6) is 11.5 Å². The van der Waals surface area contributed by atoms with Gasteiger partial charge in [-0.15, -0.1) is 0 Å². The number of nitrogens with one attached hydrogen (secondary N) is 1. The van der Waals surface area contributed by atoms with Gasteiger partial charge in [-0.05, 0) is 80.4 Å². The minimum absolute atomic E-state index is 0.0417. The Morgan fingerprint density at radius 3 is 2.22 bits per heavy atom. The Hall–Kier alpha value is -6.04. The molecule has 0 bridgehead atoms. The molecule has 3 aromatic carbocycles. The van der Waals surface area contributed by atoms with Gasteiger partial charge in [0.25, 0.3) is 5.91 Å². The summed E-state index contributed by atoms with van der Waals surface area (Å²) in [6.07, 6.45) is 2.82. The number of nitrogen functional groups attached to an aromatic ring is 1. The minimum Gasteiger partial charge on any atom is -0.493 e. The van der Waals surface area contributed by atoms with Gasteiger partial charge in [0.05, 0.1) is 26.4 Å². The topological polar surface area (TPSA) is 135 Å². The third-order valence-corrected chi connectivity index (χ3v) is 7.79. The average Bonchev–Trinajstić information content (AvgIpc) is 3.08. The molecule has 0 unspecified atom stereocenters. The van der Waals surface area contributed by atoms with E-state index in [0.717, 1.165) is 23.8 Å². The first-order chi connectivity index (χ1) is 23.5. The molecule has 0 atom stereocenters. The van der Waals surface area contributed by atoms with Crippen LogP contribution in [0.3, 0.4) is 0 Å². The Morgan fingerprint density at radius 2 is 1.59 bits per heavy atom. The Kier molecular flexibility index (Phi) is 10.1. The number of anilines is 2. The van der Waals surface area contributed by atoms with Gasteiger partial charge in [-0.1, -0.05) is 18.2 Å². The summed E-state index contributed by atoms with van der Waals surface area (Å²) in [6, 6.07) is 15.6. The predicted octanol–water partition coefficient (Wildman–Crippen LogP) is 7.13. The van der Waals surface area contributed by atoms with Crippen molar-refractivity contribution in [1.29, 1.82) is 0 Å². The predicted molar refractivity (Wildman–Crippen MR) is 183 cm³/mol. The number of pyridine rings is 2. The van der Waals surface area contributed by atoms with Gasteiger partial charge in [0.15, 0.2) is 11.5 Å². The smallest absolute Gasteiger partial charge is 0.355 e. The highest BCUT2D eigenvalue weighted by Gasteiger charge is 2.27. The molecule has 5 aromatic rings. The summed E-state index contributed by atoms with van der Waals surface area (Å²) in [5.74, 6) is -1.74. The number of hydrogen-bond donors (Lipinski definition) is 2. The van der Waals surface area contributed by atoms with Gasteiger partial charge in [-0.3, -0.25) is 9.59 Å². The summed E-state index contributed by atoms with van der Waals surface area (Å²) in [7, 11) is 3.05. The number of methoxy groups -OCH3 is 2. The number of rotatable bonds is 10. The maximum absolute atomic E-state index is 15.7. The maximum atomic E-state index is 15.7. The molecule has 0 radical (unpaired) electrons. The van der Waals surface area contributed by atoms with Crippen LogP contribution in [0.4, 0.5) is 20.3 Å². The molecule has 252 valence electrons. The Labute approximate surface area is 281 Å². The van der Waals surface area contributed by atoms with Crippen molar-refractivity contribution in [2.24, 2.45) is 0 Å². The number of aromatic nitrogens is 2. The highest BCUT2D eigenvalue weighted by atomic mass is 19.1. The van der Waals surface area contributed by atoms with E-state index >= 15 is 4.39 Å². The average molecular weight is 669 g/mol. The summed E-state index contributed by atoms with van der Waals surface area (Å²) < 4.78 is 46.9. The number of esters is 1. The van der Waals surface area contributed by atoms with Crippen molar-refractivity contribution in [3.8, 4) is 44.9 Å². The fourth-order valence-electron chi connectivity index (χ4n) is 5.37. The van der Waals surface area contributed by atoms with E-state index in [1.54, 1.807) is 51.2 Å². The number of nitrogens with zero attached hydrogens (tertiary/aromatic N) is 2. The number of benzene rings is 3. The third-order valence-electron chi connectivity index (χ3n) is 7.79. The van der Waals surface area contributed by atoms with Crippen LogP contribution in [0, 0.1) is 11.6 Å². The molecule has 3 N–H and O–H groups in total. The van der Waals surface area contributed by atoms with Crippen LogP contribution in [0.2, 0.25) is 0 Å². The molecule has 2 aromatic heterocycles. The summed E-state index contributed by atoms with van der Waals surface area (Å²) in [5.41, 5.74) is 6.95.